The van der Waals surface area contributed by atoms with Gasteiger partial charge in [-0.3, -0.25) is 9.29 Å². The maximum Gasteiger partial charge on any atom is 0.261 e. The molecule has 0 spiro atoms. The molecule has 0 atom stereocenters. The van der Waals surface area contributed by atoms with Gasteiger partial charge in [0.1, 0.15) is 29.5 Å². The summed E-state index contributed by atoms with van der Waals surface area (Å²) in [5, 5.41) is 3.21. The number of ether oxygens (including phenoxy) is 1. The lowest BCUT2D eigenvalue weighted by molar-refractivity contribution is 0.411. The highest BCUT2D eigenvalue weighted by Gasteiger charge is 2.16. The third kappa shape index (κ3) is 4.70. The monoisotopic (exact) mass is 450 g/mol. The van der Waals surface area contributed by atoms with Crippen LogP contribution in [0.3, 0.4) is 0 Å². The van der Waals surface area contributed by atoms with Gasteiger partial charge in [-0.1, -0.05) is 0 Å². The summed E-state index contributed by atoms with van der Waals surface area (Å²) in [7, 11) is -2.18. The fourth-order valence-electron chi connectivity index (χ4n) is 3.14. The molecule has 9 nitrogen and oxygen atoms in total. The minimum absolute atomic E-state index is 0.168. The normalized spacial score (nSPS) is 11.2. The van der Waals surface area contributed by atoms with Crippen molar-refractivity contribution in [2.45, 2.75) is 18.7 Å². The van der Waals surface area contributed by atoms with Gasteiger partial charge in [-0.15, -0.1) is 0 Å². The van der Waals surface area contributed by atoms with Crippen molar-refractivity contribution in [3.05, 3.63) is 78.6 Å². The third-order valence-corrected chi connectivity index (χ3v) is 6.06. The van der Waals surface area contributed by atoms with E-state index in [4.69, 9.17) is 4.74 Å². The average molecular weight is 451 g/mol. The Morgan fingerprint density at radius 3 is 2.38 bits per heavy atom. The highest BCUT2D eigenvalue weighted by atomic mass is 32.2. The van der Waals surface area contributed by atoms with Crippen molar-refractivity contribution in [3.63, 3.8) is 0 Å². The molecular formula is C22H22N6O3S. The van der Waals surface area contributed by atoms with Crippen molar-refractivity contribution in [3.8, 4) is 11.6 Å². The largest absolute Gasteiger partial charge is 0.496 e. The molecule has 0 saturated carbocycles. The molecule has 10 heteroatoms. The molecule has 32 heavy (non-hydrogen) atoms. The van der Waals surface area contributed by atoms with E-state index < -0.39 is 10.0 Å². The van der Waals surface area contributed by atoms with Gasteiger partial charge in [-0.25, -0.2) is 23.4 Å². The summed E-state index contributed by atoms with van der Waals surface area (Å²) in [6, 6.07) is 13.4. The lowest BCUT2D eigenvalue weighted by Crippen LogP contribution is -2.13. The number of nitrogens with one attached hydrogen (secondary N) is 2. The standard InChI is InChI=1S/C22H22N6O3S/c1-15-12-19(8-9-20(15)31-3)32(29,30)27-18-6-4-17(5-7-18)26-21-13-22(25-16(2)24-21)28-11-10-23-14-28/h4-14,27H,1-3H3,(H,24,25,26). The van der Waals surface area contributed by atoms with Crippen LogP contribution in [0, 0.1) is 13.8 Å². The van der Waals surface area contributed by atoms with Gasteiger partial charge in [0, 0.05) is 29.8 Å². The Labute approximate surface area is 186 Å². The predicted molar refractivity (Wildman–Crippen MR) is 122 cm³/mol. The molecule has 0 amide bonds. The first kappa shape index (κ1) is 21.3. The van der Waals surface area contributed by atoms with Gasteiger partial charge in [-0.2, -0.15) is 0 Å². The molecule has 4 rings (SSSR count). The molecule has 2 heterocycles. The minimum Gasteiger partial charge on any atom is -0.496 e. The van der Waals surface area contributed by atoms with Crippen LogP contribution in [0.5, 0.6) is 5.75 Å². The van der Waals surface area contributed by atoms with E-state index in [-0.39, 0.29) is 4.90 Å². The van der Waals surface area contributed by atoms with Crippen LogP contribution in [0.2, 0.25) is 0 Å². The molecule has 0 radical (unpaired) electrons. The van der Waals surface area contributed by atoms with E-state index >= 15 is 0 Å². The van der Waals surface area contributed by atoms with Crippen LogP contribution in [0.25, 0.3) is 5.82 Å². The summed E-state index contributed by atoms with van der Waals surface area (Å²) in [5.41, 5.74) is 1.94. The van der Waals surface area contributed by atoms with Gasteiger partial charge < -0.3 is 10.1 Å². The van der Waals surface area contributed by atoms with Gasteiger partial charge in [0.15, 0.2) is 0 Å². The van der Waals surface area contributed by atoms with Crippen molar-refractivity contribution in [2.75, 3.05) is 17.1 Å². The lowest BCUT2D eigenvalue weighted by atomic mass is 10.2. The molecular weight excluding hydrogens is 428 g/mol. The van der Waals surface area contributed by atoms with Gasteiger partial charge >= 0.3 is 0 Å². The van der Waals surface area contributed by atoms with Crippen molar-refractivity contribution < 1.29 is 13.2 Å². The summed E-state index contributed by atoms with van der Waals surface area (Å²) in [5.74, 6) is 2.55. The van der Waals surface area contributed by atoms with E-state index in [1.807, 2.05) is 6.92 Å². The highest BCUT2D eigenvalue weighted by molar-refractivity contribution is 7.92. The number of hydrogen-bond donors (Lipinski definition) is 2. The molecule has 2 N–H and O–H groups in total. The second-order valence-corrected chi connectivity index (χ2v) is 8.75. The molecule has 0 aliphatic carbocycles. The number of rotatable bonds is 7. The molecule has 0 aliphatic rings. The second-order valence-electron chi connectivity index (χ2n) is 7.07. The smallest absolute Gasteiger partial charge is 0.261 e. The second kappa shape index (κ2) is 8.67. The summed E-state index contributed by atoms with van der Waals surface area (Å²) in [6.07, 6.45) is 5.14. The van der Waals surface area contributed by atoms with E-state index in [2.05, 4.69) is 25.0 Å². The van der Waals surface area contributed by atoms with E-state index in [1.54, 1.807) is 79.8 Å². The zero-order valence-corrected chi connectivity index (χ0v) is 18.6. The van der Waals surface area contributed by atoms with Crippen LogP contribution < -0.4 is 14.8 Å². The fourth-order valence-corrected chi connectivity index (χ4v) is 4.29. The molecule has 164 valence electrons. The third-order valence-electron chi connectivity index (χ3n) is 4.68. The Bertz CT molecular complexity index is 1340. The van der Waals surface area contributed by atoms with Crippen molar-refractivity contribution in [2.24, 2.45) is 0 Å². The molecule has 2 aromatic heterocycles. The Morgan fingerprint density at radius 2 is 1.72 bits per heavy atom. The van der Waals surface area contributed by atoms with Crippen LogP contribution in [0.4, 0.5) is 17.2 Å². The molecule has 4 aromatic rings. The molecule has 0 bridgehead atoms. The Morgan fingerprint density at radius 1 is 0.969 bits per heavy atom. The van der Waals surface area contributed by atoms with E-state index in [0.29, 0.717) is 28.9 Å². The number of nitrogens with zero attached hydrogens (tertiary/aromatic N) is 4. The maximum absolute atomic E-state index is 12.7. The lowest BCUT2D eigenvalue weighted by Gasteiger charge is -2.12. The number of aryl methyl sites for hydroxylation is 2. The molecule has 0 unspecified atom stereocenters. The van der Waals surface area contributed by atoms with Crippen LogP contribution >= 0.6 is 0 Å². The number of anilines is 3. The number of aromatic nitrogens is 4. The van der Waals surface area contributed by atoms with Crippen molar-refractivity contribution >= 4 is 27.2 Å². The van der Waals surface area contributed by atoms with E-state index in [9.17, 15) is 8.42 Å². The Hall–Kier alpha value is -3.92. The van der Waals surface area contributed by atoms with Crippen molar-refractivity contribution in [1.82, 2.24) is 19.5 Å². The van der Waals surface area contributed by atoms with Gasteiger partial charge in [0.25, 0.3) is 10.0 Å². The van der Waals surface area contributed by atoms with Gasteiger partial charge in [0.2, 0.25) is 0 Å². The summed E-state index contributed by atoms with van der Waals surface area (Å²) >= 11 is 0. The summed E-state index contributed by atoms with van der Waals surface area (Å²) < 4.78 is 35.0. The van der Waals surface area contributed by atoms with Crippen molar-refractivity contribution in [1.29, 1.82) is 0 Å². The minimum atomic E-state index is -3.72. The highest BCUT2D eigenvalue weighted by Crippen LogP contribution is 2.24. The first-order valence-corrected chi connectivity index (χ1v) is 11.2. The quantitative estimate of drug-likeness (QED) is 0.440. The van der Waals surface area contributed by atoms with E-state index in [1.165, 1.54) is 6.07 Å². The molecule has 0 saturated heterocycles. The molecule has 0 fully saturated rings. The first-order chi connectivity index (χ1) is 15.3. The SMILES string of the molecule is COc1ccc(S(=O)(=O)Nc2ccc(Nc3cc(-n4ccnc4)nc(C)n3)cc2)cc1C. The van der Waals surface area contributed by atoms with Crippen LogP contribution in [-0.4, -0.2) is 35.0 Å². The summed E-state index contributed by atoms with van der Waals surface area (Å²) in [4.78, 5) is 13.0. The topological polar surface area (TPSA) is 111 Å². The Balaban J connectivity index is 1.50. The van der Waals surface area contributed by atoms with Crippen LogP contribution in [-0.2, 0) is 10.0 Å². The zero-order chi connectivity index (χ0) is 22.7. The number of imidazole rings is 1. The average Bonchev–Trinajstić information content (AvgIpc) is 3.29. The molecule has 0 aliphatic heterocycles. The Kier molecular flexibility index (Phi) is 5.78. The number of benzene rings is 2. The van der Waals surface area contributed by atoms with Gasteiger partial charge in [0.05, 0.1) is 12.0 Å². The number of hydrogen-bond acceptors (Lipinski definition) is 7. The number of sulfonamides is 1. The van der Waals surface area contributed by atoms with Gasteiger partial charge in [-0.05, 0) is 61.9 Å². The van der Waals surface area contributed by atoms with E-state index in [0.717, 1.165) is 11.3 Å². The number of methoxy groups -OCH3 is 1. The zero-order valence-electron chi connectivity index (χ0n) is 17.8. The molecule has 2 aromatic carbocycles. The maximum atomic E-state index is 12.7. The summed E-state index contributed by atoms with van der Waals surface area (Å²) in [6.45, 7) is 3.61. The van der Waals surface area contributed by atoms with Crippen LogP contribution in [0.1, 0.15) is 11.4 Å². The van der Waals surface area contributed by atoms with Crippen LogP contribution in [0.15, 0.2) is 72.1 Å². The predicted octanol–water partition coefficient (Wildman–Crippen LogP) is 3.83. The first-order valence-electron chi connectivity index (χ1n) is 9.72. The fraction of sp³-hybridized carbons (Fsp3) is 0.136.